The quantitative estimate of drug-likeness (QED) is 0.720. The molecular weight excluding hydrogens is 285 g/mol. The van der Waals surface area contributed by atoms with Crippen LogP contribution in [0.5, 0.6) is 0 Å². The van der Waals surface area contributed by atoms with Crippen molar-refractivity contribution >= 4 is 0 Å². The van der Waals surface area contributed by atoms with Crippen molar-refractivity contribution < 1.29 is 8.91 Å². The topological polar surface area (TPSA) is 67.9 Å². The van der Waals surface area contributed by atoms with E-state index in [1.54, 1.807) is 30.5 Å². The van der Waals surface area contributed by atoms with Gasteiger partial charge in [0, 0.05) is 18.3 Å². The lowest BCUT2D eigenvalue weighted by Crippen LogP contribution is -2.18. The predicted molar refractivity (Wildman–Crippen MR) is 76.9 cm³/mol. The van der Waals surface area contributed by atoms with Crippen molar-refractivity contribution in [3.05, 3.63) is 59.9 Å². The van der Waals surface area contributed by atoms with E-state index in [9.17, 15) is 4.39 Å². The van der Waals surface area contributed by atoms with Gasteiger partial charge in [0.25, 0.3) is 0 Å². The van der Waals surface area contributed by atoms with E-state index >= 15 is 0 Å². The number of halogens is 1. The van der Waals surface area contributed by atoms with Crippen molar-refractivity contribution in [1.82, 2.24) is 25.2 Å². The summed E-state index contributed by atoms with van der Waals surface area (Å²) in [6, 6.07) is 10.2. The third-order valence-electron chi connectivity index (χ3n) is 3.07. The Balaban J connectivity index is 1.66. The Bertz CT molecular complexity index is 746. The van der Waals surface area contributed by atoms with E-state index in [0.717, 1.165) is 0 Å². The molecule has 0 aliphatic heterocycles. The number of nitrogens with zero attached hydrogens (tertiary/aromatic N) is 5. The predicted octanol–water partition coefficient (Wildman–Crippen LogP) is 2.30. The lowest BCUT2D eigenvalue weighted by molar-refractivity contribution is 0.258. The number of aromatic nitrogens is 4. The SMILES string of the molecule is CN(Cc1nc(-c2cccnn2)no1)Cc1ccccc1F. The number of rotatable bonds is 5. The molecule has 0 radical (unpaired) electrons. The first-order valence-electron chi connectivity index (χ1n) is 6.75. The van der Waals surface area contributed by atoms with Gasteiger partial charge in [-0.25, -0.2) is 4.39 Å². The summed E-state index contributed by atoms with van der Waals surface area (Å²) in [6.07, 6.45) is 1.58. The Morgan fingerprint density at radius 3 is 2.77 bits per heavy atom. The lowest BCUT2D eigenvalue weighted by atomic mass is 10.2. The first-order chi connectivity index (χ1) is 10.7. The normalized spacial score (nSPS) is 11.0. The first kappa shape index (κ1) is 14.3. The third-order valence-corrected chi connectivity index (χ3v) is 3.07. The van der Waals surface area contributed by atoms with Crippen LogP contribution in [0.25, 0.3) is 11.5 Å². The summed E-state index contributed by atoms with van der Waals surface area (Å²) in [5.41, 5.74) is 1.17. The molecule has 2 heterocycles. The zero-order chi connectivity index (χ0) is 15.4. The molecule has 0 N–H and O–H groups in total. The maximum Gasteiger partial charge on any atom is 0.241 e. The second kappa shape index (κ2) is 6.40. The molecule has 0 bridgehead atoms. The summed E-state index contributed by atoms with van der Waals surface area (Å²) in [5.74, 6) is 0.613. The van der Waals surface area contributed by atoms with Crippen molar-refractivity contribution in [2.24, 2.45) is 0 Å². The van der Waals surface area contributed by atoms with Gasteiger partial charge in [-0.15, -0.1) is 5.10 Å². The van der Waals surface area contributed by atoms with Crippen molar-refractivity contribution in [3.63, 3.8) is 0 Å². The molecule has 0 spiro atoms. The molecule has 0 aliphatic rings. The highest BCUT2D eigenvalue weighted by Crippen LogP contribution is 2.14. The van der Waals surface area contributed by atoms with Gasteiger partial charge in [0.1, 0.15) is 11.5 Å². The molecular formula is C15H14FN5O. The van der Waals surface area contributed by atoms with Crippen LogP contribution in [0.4, 0.5) is 4.39 Å². The van der Waals surface area contributed by atoms with Crippen LogP contribution in [0, 0.1) is 5.82 Å². The minimum Gasteiger partial charge on any atom is -0.337 e. The Labute approximate surface area is 126 Å². The van der Waals surface area contributed by atoms with E-state index in [-0.39, 0.29) is 5.82 Å². The fraction of sp³-hybridized carbons (Fsp3) is 0.200. The molecule has 22 heavy (non-hydrogen) atoms. The van der Waals surface area contributed by atoms with Gasteiger partial charge >= 0.3 is 0 Å². The van der Waals surface area contributed by atoms with Crippen molar-refractivity contribution in [2.75, 3.05) is 7.05 Å². The standard InChI is InChI=1S/C15H14FN5O/c1-21(9-11-5-2-3-6-12(11)16)10-14-18-15(20-22-14)13-7-4-8-17-19-13/h2-8H,9-10H2,1H3. The van der Waals surface area contributed by atoms with Gasteiger partial charge in [-0.1, -0.05) is 23.4 Å². The van der Waals surface area contributed by atoms with E-state index < -0.39 is 0 Å². The van der Waals surface area contributed by atoms with Crippen LogP contribution in [0.2, 0.25) is 0 Å². The van der Waals surface area contributed by atoms with Crippen LogP contribution >= 0.6 is 0 Å². The fourth-order valence-electron chi connectivity index (χ4n) is 2.05. The van der Waals surface area contributed by atoms with Crippen molar-refractivity contribution in [3.8, 4) is 11.5 Å². The molecule has 6 nitrogen and oxygen atoms in total. The molecule has 0 saturated carbocycles. The summed E-state index contributed by atoms with van der Waals surface area (Å²) >= 11 is 0. The zero-order valence-electron chi connectivity index (χ0n) is 12.0. The third kappa shape index (κ3) is 3.32. The zero-order valence-corrected chi connectivity index (χ0v) is 12.0. The van der Waals surface area contributed by atoms with Crippen molar-refractivity contribution in [1.29, 1.82) is 0 Å². The van der Waals surface area contributed by atoms with E-state index in [1.807, 2.05) is 18.0 Å². The highest BCUT2D eigenvalue weighted by molar-refractivity contribution is 5.46. The molecule has 3 aromatic rings. The van der Waals surface area contributed by atoms with Gasteiger partial charge in [-0.2, -0.15) is 10.1 Å². The Hall–Kier alpha value is -2.67. The average Bonchev–Trinajstić information content (AvgIpc) is 2.99. The van der Waals surface area contributed by atoms with Gasteiger partial charge in [0.05, 0.1) is 6.54 Å². The Kier molecular flexibility index (Phi) is 4.15. The molecule has 0 aliphatic carbocycles. The van der Waals surface area contributed by atoms with Crippen molar-refractivity contribution in [2.45, 2.75) is 13.1 Å². The van der Waals surface area contributed by atoms with Crippen LogP contribution in [0.1, 0.15) is 11.5 Å². The van der Waals surface area contributed by atoms with Gasteiger partial charge in [-0.05, 0) is 25.2 Å². The fourth-order valence-corrected chi connectivity index (χ4v) is 2.05. The minimum absolute atomic E-state index is 0.222. The van der Waals surface area contributed by atoms with Crippen LogP contribution in [0.15, 0.2) is 47.1 Å². The maximum atomic E-state index is 13.6. The molecule has 1 aromatic carbocycles. The van der Waals surface area contributed by atoms with E-state index in [4.69, 9.17) is 4.52 Å². The van der Waals surface area contributed by atoms with E-state index in [1.165, 1.54) is 6.07 Å². The smallest absolute Gasteiger partial charge is 0.241 e. The summed E-state index contributed by atoms with van der Waals surface area (Å²) in [4.78, 5) is 6.16. The summed E-state index contributed by atoms with van der Waals surface area (Å²) < 4.78 is 18.8. The molecule has 0 unspecified atom stereocenters. The molecule has 112 valence electrons. The Morgan fingerprint density at radius 2 is 2.00 bits per heavy atom. The summed E-state index contributed by atoms with van der Waals surface area (Å²) in [5, 5.41) is 11.6. The van der Waals surface area contributed by atoms with Crippen LogP contribution in [0.3, 0.4) is 0 Å². The Morgan fingerprint density at radius 1 is 1.14 bits per heavy atom. The van der Waals surface area contributed by atoms with Crippen LogP contribution in [-0.2, 0) is 13.1 Å². The van der Waals surface area contributed by atoms with Crippen LogP contribution in [-0.4, -0.2) is 32.3 Å². The lowest BCUT2D eigenvalue weighted by Gasteiger charge is -2.14. The molecule has 0 saturated heterocycles. The largest absolute Gasteiger partial charge is 0.337 e. The van der Waals surface area contributed by atoms with Gasteiger partial charge in [0.15, 0.2) is 0 Å². The minimum atomic E-state index is -0.222. The van der Waals surface area contributed by atoms with Crippen LogP contribution < -0.4 is 0 Å². The average molecular weight is 299 g/mol. The van der Waals surface area contributed by atoms with Gasteiger partial charge < -0.3 is 4.52 Å². The molecule has 0 amide bonds. The molecule has 0 atom stereocenters. The summed E-state index contributed by atoms with van der Waals surface area (Å²) in [6.45, 7) is 0.872. The number of benzene rings is 1. The second-order valence-electron chi connectivity index (χ2n) is 4.88. The number of hydrogen-bond donors (Lipinski definition) is 0. The first-order valence-corrected chi connectivity index (χ1v) is 6.75. The number of hydrogen-bond acceptors (Lipinski definition) is 6. The highest BCUT2D eigenvalue weighted by atomic mass is 19.1. The molecule has 0 fully saturated rings. The summed E-state index contributed by atoms with van der Waals surface area (Å²) in [7, 11) is 1.86. The van der Waals surface area contributed by atoms with Gasteiger partial charge in [0.2, 0.25) is 11.7 Å². The molecule has 7 heteroatoms. The van der Waals surface area contributed by atoms with E-state index in [0.29, 0.717) is 36.1 Å². The molecule has 2 aromatic heterocycles. The monoisotopic (exact) mass is 299 g/mol. The highest BCUT2D eigenvalue weighted by Gasteiger charge is 2.13. The van der Waals surface area contributed by atoms with Gasteiger partial charge in [-0.3, -0.25) is 4.90 Å². The van der Waals surface area contributed by atoms with E-state index in [2.05, 4.69) is 20.3 Å². The molecule has 3 rings (SSSR count). The maximum absolute atomic E-state index is 13.6. The second-order valence-corrected chi connectivity index (χ2v) is 4.88.